The third-order valence-electron chi connectivity index (χ3n) is 3.51. The quantitative estimate of drug-likeness (QED) is 0.771. The molecule has 0 saturated carbocycles. The maximum Gasteiger partial charge on any atom is 0.165 e. The topological polar surface area (TPSA) is 76.1 Å². The Balaban J connectivity index is 1.79. The van der Waals surface area contributed by atoms with Crippen molar-refractivity contribution in [3.05, 3.63) is 12.7 Å². The molecule has 116 valence electrons. The van der Waals surface area contributed by atoms with Crippen molar-refractivity contribution >= 4 is 17.0 Å². The molecule has 0 unspecified atom stereocenters. The van der Waals surface area contributed by atoms with E-state index in [1.54, 1.807) is 6.33 Å². The monoisotopic (exact) mass is 291 g/mol. The normalized spacial score (nSPS) is 11.9. The summed E-state index contributed by atoms with van der Waals surface area (Å²) >= 11 is 0. The Morgan fingerprint density at radius 1 is 1.05 bits per heavy atom. The molecule has 0 saturated heterocycles. The number of nitrogens with two attached hydrogens (primary N) is 1. The highest BCUT2D eigenvalue weighted by Crippen LogP contribution is 2.14. The van der Waals surface area contributed by atoms with Gasteiger partial charge in [0, 0.05) is 6.54 Å². The van der Waals surface area contributed by atoms with Gasteiger partial charge in [-0.3, -0.25) is 0 Å². The first kappa shape index (κ1) is 15.7. The maximum atomic E-state index is 5.79. The van der Waals surface area contributed by atoms with Crippen LogP contribution in [0.15, 0.2) is 12.7 Å². The van der Waals surface area contributed by atoms with E-state index in [1.807, 2.05) is 4.57 Å². The summed E-state index contributed by atoms with van der Waals surface area (Å²) in [5.74, 6) is 0.444. The summed E-state index contributed by atoms with van der Waals surface area (Å²) in [7, 11) is 6.39. The van der Waals surface area contributed by atoms with Gasteiger partial charge in [0.05, 0.1) is 6.33 Å². The summed E-state index contributed by atoms with van der Waals surface area (Å²) in [5.41, 5.74) is 7.30. The first-order valence-corrected chi connectivity index (χ1v) is 7.32. The molecule has 0 aliphatic rings. The highest BCUT2D eigenvalue weighted by Gasteiger charge is 2.07. The van der Waals surface area contributed by atoms with Gasteiger partial charge in [0.15, 0.2) is 11.5 Å². The van der Waals surface area contributed by atoms with Crippen LogP contribution in [0.3, 0.4) is 0 Å². The minimum atomic E-state index is 0.444. The van der Waals surface area contributed by atoms with Gasteiger partial charge in [0.2, 0.25) is 0 Å². The van der Waals surface area contributed by atoms with Gasteiger partial charge in [-0.05, 0) is 53.6 Å². The molecule has 2 aromatic heterocycles. The summed E-state index contributed by atoms with van der Waals surface area (Å²) in [6.07, 6.45) is 5.54. The fourth-order valence-corrected chi connectivity index (χ4v) is 2.34. The molecule has 2 heterocycles. The van der Waals surface area contributed by atoms with Crippen molar-refractivity contribution in [2.24, 2.45) is 0 Å². The molecule has 21 heavy (non-hydrogen) atoms. The van der Waals surface area contributed by atoms with Crippen LogP contribution in [-0.4, -0.2) is 70.1 Å². The summed E-state index contributed by atoms with van der Waals surface area (Å²) < 4.78 is 2.04. The lowest BCUT2D eigenvalue weighted by Gasteiger charge is -2.18. The molecule has 0 aliphatic heterocycles. The lowest BCUT2D eigenvalue weighted by atomic mass is 10.3. The van der Waals surface area contributed by atoms with Crippen LogP contribution in [-0.2, 0) is 6.54 Å². The third-order valence-corrected chi connectivity index (χ3v) is 3.51. The second kappa shape index (κ2) is 7.33. The lowest BCUT2D eigenvalue weighted by Crippen LogP contribution is -2.25. The van der Waals surface area contributed by atoms with Gasteiger partial charge in [0.1, 0.15) is 11.8 Å². The van der Waals surface area contributed by atoms with E-state index < -0.39 is 0 Å². The van der Waals surface area contributed by atoms with Crippen molar-refractivity contribution in [3.8, 4) is 0 Å². The fraction of sp³-hybridized carbons (Fsp3) is 0.643. The van der Waals surface area contributed by atoms with E-state index in [0.717, 1.165) is 38.2 Å². The number of imidazole rings is 1. The van der Waals surface area contributed by atoms with E-state index in [-0.39, 0.29) is 0 Å². The van der Waals surface area contributed by atoms with Crippen LogP contribution in [0.2, 0.25) is 0 Å². The number of aryl methyl sites for hydroxylation is 1. The number of aromatic nitrogens is 4. The van der Waals surface area contributed by atoms with Crippen molar-refractivity contribution in [1.29, 1.82) is 0 Å². The Kier molecular flexibility index (Phi) is 5.46. The van der Waals surface area contributed by atoms with E-state index in [9.17, 15) is 0 Å². The molecular formula is C14H25N7. The molecule has 2 aromatic rings. The average Bonchev–Trinajstić information content (AvgIpc) is 2.83. The maximum absolute atomic E-state index is 5.79. The minimum absolute atomic E-state index is 0.444. The van der Waals surface area contributed by atoms with E-state index >= 15 is 0 Å². The van der Waals surface area contributed by atoms with Crippen molar-refractivity contribution in [2.45, 2.75) is 19.4 Å². The molecule has 0 aromatic carbocycles. The van der Waals surface area contributed by atoms with Crippen LogP contribution < -0.4 is 5.73 Å². The van der Waals surface area contributed by atoms with Crippen molar-refractivity contribution in [2.75, 3.05) is 46.5 Å². The van der Waals surface area contributed by atoms with E-state index in [0.29, 0.717) is 11.3 Å². The molecule has 0 atom stereocenters. The number of anilines is 1. The molecule has 0 bridgehead atoms. The van der Waals surface area contributed by atoms with Gasteiger partial charge in [-0.15, -0.1) is 0 Å². The number of nitrogens with zero attached hydrogens (tertiary/aromatic N) is 6. The van der Waals surface area contributed by atoms with Gasteiger partial charge in [-0.2, -0.15) is 0 Å². The molecular weight excluding hydrogens is 266 g/mol. The summed E-state index contributed by atoms with van der Waals surface area (Å²) in [5, 5.41) is 0. The number of fused-ring (bicyclic) bond motifs is 1. The van der Waals surface area contributed by atoms with Crippen LogP contribution in [0, 0.1) is 0 Å². The van der Waals surface area contributed by atoms with Crippen LogP contribution >= 0.6 is 0 Å². The molecule has 2 rings (SSSR count). The molecule has 0 aliphatic carbocycles. The van der Waals surface area contributed by atoms with Crippen LogP contribution in [0.4, 0.5) is 5.82 Å². The van der Waals surface area contributed by atoms with Gasteiger partial charge >= 0.3 is 0 Å². The van der Waals surface area contributed by atoms with E-state index in [2.05, 4.69) is 45.9 Å². The second-order valence-electron chi connectivity index (χ2n) is 5.68. The minimum Gasteiger partial charge on any atom is -0.382 e. The van der Waals surface area contributed by atoms with Crippen molar-refractivity contribution in [1.82, 2.24) is 29.3 Å². The van der Waals surface area contributed by atoms with Crippen LogP contribution in [0.25, 0.3) is 11.2 Å². The SMILES string of the molecule is CN(C)CCCN(C)CCCn1cnc2c(N)ncnc21. The van der Waals surface area contributed by atoms with E-state index in [4.69, 9.17) is 5.73 Å². The number of rotatable bonds is 8. The van der Waals surface area contributed by atoms with Crippen LogP contribution in [0.1, 0.15) is 12.8 Å². The first-order valence-electron chi connectivity index (χ1n) is 7.32. The Morgan fingerprint density at radius 3 is 2.57 bits per heavy atom. The van der Waals surface area contributed by atoms with E-state index in [1.165, 1.54) is 12.7 Å². The van der Waals surface area contributed by atoms with Gasteiger partial charge < -0.3 is 20.1 Å². The smallest absolute Gasteiger partial charge is 0.165 e. The standard InChI is InChI=1S/C14H25N7/c1-19(2)6-4-7-20(3)8-5-9-21-11-18-12-13(15)16-10-17-14(12)21/h10-11H,4-9H2,1-3H3,(H2,15,16,17). The molecule has 0 radical (unpaired) electrons. The molecule has 0 fully saturated rings. The van der Waals surface area contributed by atoms with Gasteiger partial charge in [0.25, 0.3) is 0 Å². The van der Waals surface area contributed by atoms with Gasteiger partial charge in [-0.25, -0.2) is 15.0 Å². The zero-order chi connectivity index (χ0) is 15.2. The number of hydrogen-bond acceptors (Lipinski definition) is 6. The van der Waals surface area contributed by atoms with Crippen LogP contribution in [0.5, 0.6) is 0 Å². The molecule has 2 N–H and O–H groups in total. The Bertz CT molecular complexity index is 563. The third kappa shape index (κ3) is 4.37. The largest absolute Gasteiger partial charge is 0.382 e. The predicted molar refractivity (Wildman–Crippen MR) is 85.0 cm³/mol. The number of nitrogen functional groups attached to an aromatic ring is 1. The lowest BCUT2D eigenvalue weighted by molar-refractivity contribution is 0.293. The zero-order valence-corrected chi connectivity index (χ0v) is 13.2. The molecule has 0 spiro atoms. The number of hydrogen-bond donors (Lipinski definition) is 1. The van der Waals surface area contributed by atoms with Gasteiger partial charge in [-0.1, -0.05) is 0 Å². The Hall–Kier alpha value is -1.73. The highest BCUT2D eigenvalue weighted by molar-refractivity contribution is 5.80. The van der Waals surface area contributed by atoms with Crippen molar-refractivity contribution in [3.63, 3.8) is 0 Å². The predicted octanol–water partition coefficient (Wildman–Crippen LogP) is 0.682. The Morgan fingerprint density at radius 2 is 1.81 bits per heavy atom. The molecule has 7 nitrogen and oxygen atoms in total. The molecule has 7 heteroatoms. The summed E-state index contributed by atoms with van der Waals surface area (Å²) in [6.45, 7) is 4.21. The fourth-order valence-electron chi connectivity index (χ4n) is 2.34. The zero-order valence-electron chi connectivity index (χ0n) is 13.2. The first-order chi connectivity index (χ1) is 10.1. The summed E-state index contributed by atoms with van der Waals surface area (Å²) in [4.78, 5) is 17.1. The van der Waals surface area contributed by atoms with Crippen molar-refractivity contribution < 1.29 is 0 Å². The molecule has 0 amide bonds. The highest BCUT2D eigenvalue weighted by atomic mass is 15.1. The average molecular weight is 291 g/mol. The Labute approximate surface area is 125 Å². The second-order valence-corrected chi connectivity index (χ2v) is 5.68. The summed E-state index contributed by atoms with van der Waals surface area (Å²) in [6, 6.07) is 0.